The molecule has 1 saturated carbocycles. The fourth-order valence-corrected chi connectivity index (χ4v) is 5.25. The quantitative estimate of drug-likeness (QED) is 0.307. The van der Waals surface area contributed by atoms with Gasteiger partial charge in [-0.25, -0.2) is 9.97 Å². The second kappa shape index (κ2) is 11.5. The molecule has 1 aliphatic carbocycles. The normalized spacial score (nSPS) is 19.9. The lowest BCUT2D eigenvalue weighted by Gasteiger charge is -2.13. The van der Waals surface area contributed by atoms with Crippen LogP contribution < -0.4 is 5.73 Å². The summed E-state index contributed by atoms with van der Waals surface area (Å²) in [7, 11) is 0. The lowest BCUT2D eigenvalue weighted by atomic mass is 9.92. The summed E-state index contributed by atoms with van der Waals surface area (Å²) >= 11 is 0. The van der Waals surface area contributed by atoms with Crippen molar-refractivity contribution in [1.29, 1.82) is 0 Å². The molecule has 37 heavy (non-hydrogen) atoms. The maximum Gasteiger partial charge on any atom is 0.248 e. The number of amides is 1. The van der Waals surface area contributed by atoms with Gasteiger partial charge in [-0.3, -0.25) is 9.79 Å². The largest absolute Gasteiger partial charge is 0.366 e. The van der Waals surface area contributed by atoms with Crippen LogP contribution in [0.25, 0.3) is 17.2 Å². The van der Waals surface area contributed by atoms with Gasteiger partial charge in [0.15, 0.2) is 5.82 Å². The Bertz CT molecular complexity index is 1370. The Labute approximate surface area is 219 Å². The molecule has 1 aliphatic heterocycles. The molecule has 188 valence electrons. The number of rotatable bonds is 5. The molecule has 0 spiro atoms. The van der Waals surface area contributed by atoms with Gasteiger partial charge >= 0.3 is 0 Å². The molecule has 5 nitrogen and oxygen atoms in total. The summed E-state index contributed by atoms with van der Waals surface area (Å²) in [5.41, 5.74) is 14.3. The maximum absolute atomic E-state index is 11.6. The van der Waals surface area contributed by atoms with Gasteiger partial charge in [-0.05, 0) is 97.4 Å². The molecule has 0 saturated heterocycles. The van der Waals surface area contributed by atoms with E-state index in [0.29, 0.717) is 11.5 Å². The molecule has 0 radical (unpaired) electrons. The minimum atomic E-state index is -0.413. The Hall–Kier alpha value is -3.86. The number of aliphatic imine (C=N–C) groups is 1. The number of primary amides is 1. The van der Waals surface area contributed by atoms with Crippen LogP contribution in [0.4, 0.5) is 5.69 Å². The summed E-state index contributed by atoms with van der Waals surface area (Å²) < 4.78 is 0. The number of fused-ring (bicyclic) bond motifs is 1. The third kappa shape index (κ3) is 6.29. The van der Waals surface area contributed by atoms with Crippen molar-refractivity contribution in [3.8, 4) is 11.1 Å². The monoisotopic (exact) mass is 490 g/mol. The van der Waals surface area contributed by atoms with Gasteiger partial charge in [-0.1, -0.05) is 48.4 Å². The Morgan fingerprint density at radius 1 is 1.03 bits per heavy atom. The topological polar surface area (TPSA) is 81.2 Å². The summed E-state index contributed by atoms with van der Waals surface area (Å²) in [6, 6.07) is 13.9. The van der Waals surface area contributed by atoms with Crippen LogP contribution in [0.5, 0.6) is 0 Å². The molecule has 0 bridgehead atoms. The summed E-state index contributed by atoms with van der Waals surface area (Å²) in [6.07, 6.45) is 19.2. The third-order valence-corrected chi connectivity index (χ3v) is 7.41. The highest BCUT2D eigenvalue weighted by Crippen LogP contribution is 2.34. The molecule has 5 rings (SSSR count). The average molecular weight is 491 g/mol. The fraction of sp³-hybridized carbons (Fsp3) is 0.312. The zero-order valence-corrected chi connectivity index (χ0v) is 21.5. The van der Waals surface area contributed by atoms with E-state index in [1.165, 1.54) is 41.5 Å². The average Bonchev–Trinajstić information content (AvgIpc) is 3.26. The van der Waals surface area contributed by atoms with Crippen molar-refractivity contribution in [3.63, 3.8) is 0 Å². The fourth-order valence-electron chi connectivity index (χ4n) is 5.25. The second-order valence-corrected chi connectivity index (χ2v) is 10.1. The lowest BCUT2D eigenvalue weighted by molar-refractivity contribution is 0.100. The van der Waals surface area contributed by atoms with Gasteiger partial charge in [-0.15, -0.1) is 0 Å². The first-order chi connectivity index (χ1) is 18.1. The van der Waals surface area contributed by atoms with E-state index in [-0.39, 0.29) is 0 Å². The molecule has 1 amide bonds. The molecular formula is C32H34N4O. The molecule has 1 fully saturated rings. The van der Waals surface area contributed by atoms with Crippen LogP contribution in [0.3, 0.4) is 0 Å². The maximum atomic E-state index is 11.6. The number of hydrogen-bond acceptors (Lipinski definition) is 4. The third-order valence-electron chi connectivity index (χ3n) is 7.41. The van der Waals surface area contributed by atoms with Gasteiger partial charge in [0.25, 0.3) is 0 Å². The van der Waals surface area contributed by atoms with Gasteiger partial charge in [0, 0.05) is 30.6 Å². The van der Waals surface area contributed by atoms with Gasteiger partial charge < -0.3 is 5.73 Å². The van der Waals surface area contributed by atoms with Crippen LogP contribution in [0.15, 0.2) is 77.1 Å². The number of carbonyl (C=O) groups excluding carboxylic acids is 1. The second-order valence-electron chi connectivity index (χ2n) is 10.1. The van der Waals surface area contributed by atoms with Crippen molar-refractivity contribution < 1.29 is 4.79 Å². The molecule has 5 heteroatoms. The van der Waals surface area contributed by atoms with Crippen LogP contribution in [-0.2, 0) is 12.8 Å². The molecule has 1 unspecified atom stereocenters. The first kappa shape index (κ1) is 24.8. The van der Waals surface area contributed by atoms with Crippen LogP contribution in [0.2, 0.25) is 0 Å². The Morgan fingerprint density at radius 2 is 1.86 bits per heavy atom. The van der Waals surface area contributed by atoms with E-state index in [9.17, 15) is 4.79 Å². The van der Waals surface area contributed by atoms with E-state index in [4.69, 9.17) is 10.7 Å². The number of carbonyl (C=O) groups is 1. The van der Waals surface area contributed by atoms with Crippen molar-refractivity contribution in [3.05, 3.63) is 94.6 Å². The van der Waals surface area contributed by atoms with Gasteiger partial charge in [0.05, 0.1) is 5.69 Å². The number of benzene rings is 2. The molecule has 1 aromatic heterocycles. The molecule has 2 N–H and O–H groups in total. The predicted octanol–water partition coefficient (Wildman–Crippen LogP) is 7.04. The molecule has 2 heterocycles. The zero-order valence-electron chi connectivity index (χ0n) is 21.5. The van der Waals surface area contributed by atoms with Gasteiger partial charge in [0.1, 0.15) is 0 Å². The highest BCUT2D eigenvalue weighted by atomic mass is 16.1. The molecule has 3 aromatic rings. The van der Waals surface area contributed by atoms with Gasteiger partial charge in [-0.2, -0.15) is 0 Å². The van der Waals surface area contributed by atoms with Crippen LogP contribution in [0, 0.1) is 5.92 Å². The van der Waals surface area contributed by atoms with E-state index in [1.54, 1.807) is 6.07 Å². The smallest absolute Gasteiger partial charge is 0.248 e. The minimum absolute atomic E-state index is 0.413. The molecular weight excluding hydrogens is 456 g/mol. The SMILES string of the molecule is CCc1cnc(/C=C2/CCCC(C=C3CC=Nc4cc(-c5cccc(C(N)=O)c5)ccc4C3)CC2)nc1. The predicted molar refractivity (Wildman–Crippen MR) is 151 cm³/mol. The molecule has 1 atom stereocenters. The number of aromatic nitrogens is 2. The zero-order chi connectivity index (χ0) is 25.6. The first-order valence-electron chi connectivity index (χ1n) is 13.3. The van der Waals surface area contributed by atoms with Crippen molar-refractivity contribution in [2.24, 2.45) is 16.6 Å². The van der Waals surface area contributed by atoms with Crippen molar-refractivity contribution in [1.82, 2.24) is 9.97 Å². The summed E-state index contributed by atoms with van der Waals surface area (Å²) in [5, 5.41) is 0. The summed E-state index contributed by atoms with van der Waals surface area (Å²) in [4.78, 5) is 25.4. The van der Waals surface area contributed by atoms with E-state index in [2.05, 4.69) is 47.2 Å². The highest BCUT2D eigenvalue weighted by Gasteiger charge is 2.16. The summed E-state index contributed by atoms with van der Waals surface area (Å²) in [6.45, 7) is 2.12. The van der Waals surface area contributed by atoms with Crippen LogP contribution >= 0.6 is 0 Å². The van der Waals surface area contributed by atoms with E-state index >= 15 is 0 Å². The molecule has 2 aliphatic rings. The lowest BCUT2D eigenvalue weighted by Crippen LogP contribution is -2.10. The minimum Gasteiger partial charge on any atom is -0.366 e. The van der Waals surface area contributed by atoms with Crippen molar-refractivity contribution >= 4 is 23.9 Å². The standard InChI is InChI=1S/C32H34N4O/c1-2-22-20-35-31(36-21-22)17-24-6-3-5-23(9-10-24)15-25-13-14-34-30-19-27(11-12-28(30)16-25)26-7-4-8-29(18-26)32(33)37/h4,7-8,11-12,14-15,17-21,23H,2-3,5-6,9-10,13,16H2,1H3,(H2,33,37)/b24-17-,25-15?. The van der Waals surface area contributed by atoms with Crippen LogP contribution in [-0.4, -0.2) is 22.1 Å². The first-order valence-corrected chi connectivity index (χ1v) is 13.3. The Morgan fingerprint density at radius 3 is 2.68 bits per heavy atom. The van der Waals surface area contributed by atoms with Gasteiger partial charge in [0.2, 0.25) is 5.91 Å². The van der Waals surface area contributed by atoms with E-state index < -0.39 is 5.91 Å². The number of aryl methyl sites for hydroxylation is 1. The van der Waals surface area contributed by atoms with Crippen molar-refractivity contribution in [2.75, 3.05) is 0 Å². The highest BCUT2D eigenvalue weighted by molar-refractivity contribution is 5.94. The number of hydrogen-bond donors (Lipinski definition) is 1. The van der Waals surface area contributed by atoms with Crippen LogP contribution in [0.1, 0.15) is 72.8 Å². The van der Waals surface area contributed by atoms with E-state index in [0.717, 1.165) is 54.7 Å². The number of nitrogens with two attached hydrogens (primary N) is 1. The summed E-state index contributed by atoms with van der Waals surface area (Å²) in [5.74, 6) is 1.01. The number of allylic oxidation sites excluding steroid dienone is 3. The Balaban J connectivity index is 1.27. The number of nitrogens with zero attached hydrogens (tertiary/aromatic N) is 3. The Kier molecular flexibility index (Phi) is 7.69. The van der Waals surface area contributed by atoms with E-state index in [1.807, 2.05) is 36.8 Å². The molecule has 2 aromatic carbocycles. The van der Waals surface area contributed by atoms with Crippen molar-refractivity contribution in [2.45, 2.75) is 58.3 Å².